The Morgan fingerprint density at radius 3 is 2.35 bits per heavy atom. The third-order valence-corrected chi connectivity index (χ3v) is 6.74. The molecule has 0 unspecified atom stereocenters. The lowest BCUT2D eigenvalue weighted by Crippen LogP contribution is -2.15. The molecule has 0 saturated carbocycles. The van der Waals surface area contributed by atoms with Crippen molar-refractivity contribution in [1.29, 1.82) is 0 Å². The van der Waals surface area contributed by atoms with Crippen LogP contribution in [0.5, 0.6) is 0 Å². The van der Waals surface area contributed by atoms with Crippen molar-refractivity contribution in [3.63, 3.8) is 0 Å². The molecule has 8 nitrogen and oxygen atoms in total. The minimum Gasteiger partial charge on any atom is -0.478 e. The van der Waals surface area contributed by atoms with Gasteiger partial charge in [0.25, 0.3) is 5.91 Å². The number of para-hydroxylation sites is 1. The maximum Gasteiger partial charge on any atom is 0.338 e. The summed E-state index contributed by atoms with van der Waals surface area (Å²) in [7, 11) is 1.68. The molecule has 0 saturated heterocycles. The Hall–Kier alpha value is -4.17. The van der Waals surface area contributed by atoms with E-state index in [1.54, 1.807) is 29.9 Å². The second-order valence-electron chi connectivity index (χ2n) is 8.63. The van der Waals surface area contributed by atoms with Crippen LogP contribution in [0.2, 0.25) is 5.15 Å². The number of hydrogen-bond acceptors (Lipinski definition) is 5. The van der Waals surface area contributed by atoms with E-state index < -0.39 is 5.97 Å². The van der Waals surface area contributed by atoms with Gasteiger partial charge in [0.2, 0.25) is 5.95 Å². The molecule has 37 heavy (non-hydrogen) atoms. The number of nitrogens with one attached hydrogen (secondary N) is 2. The van der Waals surface area contributed by atoms with Gasteiger partial charge in [-0.3, -0.25) is 4.79 Å². The molecule has 0 radical (unpaired) electrons. The van der Waals surface area contributed by atoms with Gasteiger partial charge in [0.15, 0.2) is 0 Å². The molecule has 0 atom stereocenters. The van der Waals surface area contributed by atoms with Gasteiger partial charge in [0.1, 0.15) is 5.15 Å². The number of amides is 1. The number of aromatic carboxylic acids is 1. The van der Waals surface area contributed by atoms with Crippen LogP contribution in [0.3, 0.4) is 0 Å². The molecule has 0 spiro atoms. The van der Waals surface area contributed by atoms with Gasteiger partial charge in [-0.25, -0.2) is 14.8 Å². The summed E-state index contributed by atoms with van der Waals surface area (Å²) in [6.45, 7) is 6.05. The first-order valence-corrected chi connectivity index (χ1v) is 12.3. The van der Waals surface area contributed by atoms with Crippen LogP contribution in [0.4, 0.5) is 17.3 Å². The number of carboxylic acid groups (broad SMARTS) is 1. The van der Waals surface area contributed by atoms with Gasteiger partial charge in [-0.2, -0.15) is 0 Å². The van der Waals surface area contributed by atoms with Gasteiger partial charge in [0.05, 0.1) is 17.0 Å². The summed E-state index contributed by atoms with van der Waals surface area (Å²) in [4.78, 5) is 33.3. The molecular formula is C28H28ClN5O3. The Bertz CT molecular complexity index is 1470. The average Bonchev–Trinajstić information content (AvgIpc) is 3.19. The molecule has 4 aromatic rings. The highest BCUT2D eigenvalue weighted by Gasteiger charge is 2.19. The monoisotopic (exact) mass is 517 g/mol. The first-order valence-electron chi connectivity index (χ1n) is 11.9. The molecule has 190 valence electrons. The van der Waals surface area contributed by atoms with Crippen LogP contribution < -0.4 is 10.6 Å². The zero-order chi connectivity index (χ0) is 26.7. The highest BCUT2D eigenvalue weighted by molar-refractivity contribution is 6.33. The molecular weight excluding hydrogens is 490 g/mol. The molecule has 0 bridgehead atoms. The molecule has 2 aromatic carbocycles. The van der Waals surface area contributed by atoms with Crippen LogP contribution in [0.15, 0.2) is 54.7 Å². The lowest BCUT2D eigenvalue weighted by Gasteiger charge is -2.15. The van der Waals surface area contributed by atoms with Crippen LogP contribution in [0.1, 0.15) is 51.3 Å². The van der Waals surface area contributed by atoms with Crippen molar-refractivity contribution in [2.75, 3.05) is 10.6 Å². The summed E-state index contributed by atoms with van der Waals surface area (Å²) in [6.07, 6.45) is 3.24. The van der Waals surface area contributed by atoms with Crippen LogP contribution in [0.25, 0.3) is 11.4 Å². The van der Waals surface area contributed by atoms with Crippen molar-refractivity contribution in [2.45, 2.75) is 33.6 Å². The van der Waals surface area contributed by atoms with E-state index in [1.165, 1.54) is 6.07 Å². The number of aryl methyl sites for hydroxylation is 3. The fourth-order valence-electron chi connectivity index (χ4n) is 4.19. The molecule has 9 heteroatoms. The van der Waals surface area contributed by atoms with E-state index in [1.807, 2.05) is 37.3 Å². The molecule has 0 aliphatic rings. The number of aromatic nitrogens is 3. The van der Waals surface area contributed by atoms with Gasteiger partial charge < -0.3 is 20.3 Å². The zero-order valence-corrected chi connectivity index (χ0v) is 21.8. The standard InChI is InChI=1S/C28H28ClN5O3/c1-5-17-8-7-9-18(6-2)24(17)33-26(35)19-10-11-21(16(3)14-19)31-28-30-13-12-22(32-28)23-15-20(27(36)37)25(29)34(23)4/h7-15H,5-6H2,1-4H3,(H,33,35)(H,36,37)(H,30,31,32). The first kappa shape index (κ1) is 25.9. The van der Waals surface area contributed by atoms with E-state index >= 15 is 0 Å². The average molecular weight is 518 g/mol. The van der Waals surface area contributed by atoms with Crippen molar-refractivity contribution >= 4 is 40.8 Å². The van der Waals surface area contributed by atoms with Crippen molar-refractivity contribution in [2.24, 2.45) is 7.05 Å². The van der Waals surface area contributed by atoms with Gasteiger partial charge >= 0.3 is 5.97 Å². The smallest absolute Gasteiger partial charge is 0.338 e. The Kier molecular flexibility index (Phi) is 7.59. The number of anilines is 3. The summed E-state index contributed by atoms with van der Waals surface area (Å²) in [6, 6.07) is 14.6. The predicted octanol–water partition coefficient (Wildman–Crippen LogP) is 6.26. The normalized spacial score (nSPS) is 10.8. The van der Waals surface area contributed by atoms with Gasteiger partial charge in [-0.05, 0) is 66.8 Å². The topological polar surface area (TPSA) is 109 Å². The van der Waals surface area contributed by atoms with E-state index in [0.29, 0.717) is 22.9 Å². The molecule has 0 aliphatic heterocycles. The largest absolute Gasteiger partial charge is 0.478 e. The molecule has 2 aromatic heterocycles. The third-order valence-electron chi connectivity index (χ3n) is 6.28. The van der Waals surface area contributed by atoms with Crippen molar-refractivity contribution in [3.05, 3.63) is 87.7 Å². The van der Waals surface area contributed by atoms with Crippen molar-refractivity contribution in [3.8, 4) is 11.4 Å². The minimum atomic E-state index is -1.11. The molecule has 1 amide bonds. The number of benzene rings is 2. The van der Waals surface area contributed by atoms with Gasteiger partial charge in [0, 0.05) is 30.2 Å². The molecule has 0 fully saturated rings. The van der Waals surface area contributed by atoms with E-state index in [9.17, 15) is 14.7 Å². The Balaban J connectivity index is 1.56. The highest BCUT2D eigenvalue weighted by Crippen LogP contribution is 2.29. The van der Waals surface area contributed by atoms with Crippen molar-refractivity contribution < 1.29 is 14.7 Å². The summed E-state index contributed by atoms with van der Waals surface area (Å²) in [5.41, 5.74) is 6.30. The lowest BCUT2D eigenvalue weighted by atomic mass is 10.0. The fourth-order valence-corrected chi connectivity index (χ4v) is 4.42. The number of carbonyl (C=O) groups is 2. The second-order valence-corrected chi connectivity index (χ2v) is 8.99. The van der Waals surface area contributed by atoms with Crippen LogP contribution in [0, 0.1) is 6.92 Å². The van der Waals surface area contributed by atoms with E-state index in [-0.39, 0.29) is 16.6 Å². The van der Waals surface area contributed by atoms with E-state index in [0.717, 1.165) is 40.9 Å². The molecule has 2 heterocycles. The van der Waals surface area contributed by atoms with Gasteiger partial charge in [-0.15, -0.1) is 0 Å². The van der Waals surface area contributed by atoms with Crippen LogP contribution in [-0.2, 0) is 19.9 Å². The molecule has 4 rings (SSSR count). The van der Waals surface area contributed by atoms with Crippen molar-refractivity contribution in [1.82, 2.24) is 14.5 Å². The second kappa shape index (κ2) is 10.8. The van der Waals surface area contributed by atoms with E-state index in [2.05, 4.69) is 34.4 Å². The summed E-state index contributed by atoms with van der Waals surface area (Å²) in [5, 5.41) is 15.8. The zero-order valence-electron chi connectivity index (χ0n) is 21.1. The maximum absolute atomic E-state index is 13.1. The summed E-state index contributed by atoms with van der Waals surface area (Å²) >= 11 is 6.16. The molecule has 0 aliphatic carbocycles. The number of halogens is 1. The minimum absolute atomic E-state index is 0.00427. The Labute approximate surface area is 220 Å². The lowest BCUT2D eigenvalue weighted by molar-refractivity contribution is 0.0697. The summed E-state index contributed by atoms with van der Waals surface area (Å²) < 4.78 is 1.57. The van der Waals surface area contributed by atoms with Crippen LogP contribution in [-0.4, -0.2) is 31.5 Å². The third kappa shape index (κ3) is 5.34. The Morgan fingerprint density at radius 1 is 1.05 bits per heavy atom. The number of nitrogens with zero attached hydrogens (tertiary/aromatic N) is 3. The highest BCUT2D eigenvalue weighted by atomic mass is 35.5. The number of rotatable bonds is 8. The number of carboxylic acids is 1. The first-order chi connectivity index (χ1) is 17.7. The SMILES string of the molecule is CCc1cccc(CC)c1NC(=O)c1ccc(Nc2nccc(-c3cc(C(=O)O)c(Cl)n3C)n2)c(C)c1. The predicted molar refractivity (Wildman–Crippen MR) is 146 cm³/mol. The number of carbonyl (C=O) groups excluding carboxylic acids is 1. The van der Waals surface area contributed by atoms with E-state index in [4.69, 9.17) is 11.6 Å². The quantitative estimate of drug-likeness (QED) is 0.254. The number of hydrogen-bond donors (Lipinski definition) is 3. The van der Waals surface area contributed by atoms with Crippen LogP contribution >= 0.6 is 11.6 Å². The Morgan fingerprint density at radius 2 is 1.76 bits per heavy atom. The molecule has 3 N–H and O–H groups in total. The summed E-state index contributed by atoms with van der Waals surface area (Å²) in [5.74, 6) is -0.946. The van der Waals surface area contributed by atoms with Gasteiger partial charge in [-0.1, -0.05) is 43.6 Å². The maximum atomic E-state index is 13.1. The fraction of sp³-hybridized carbons (Fsp3) is 0.214.